The fraction of sp³-hybridized carbons (Fsp3) is 1.00. The Kier molecular flexibility index (Phi) is 8.27. The van der Waals surface area contributed by atoms with Crippen LogP contribution in [0.1, 0.15) is 85.5 Å². The van der Waals surface area contributed by atoms with Crippen LogP contribution >= 0.6 is 0 Å². The van der Waals surface area contributed by atoms with E-state index in [1.165, 1.54) is 42.9 Å². The van der Waals surface area contributed by atoms with E-state index in [0.717, 1.165) is 39.6 Å². The van der Waals surface area contributed by atoms with Gasteiger partial charge in [0, 0.05) is 18.6 Å². The normalized spacial score (nSPS) is 35.6. The lowest BCUT2D eigenvalue weighted by Gasteiger charge is -2.37. The highest BCUT2D eigenvalue weighted by Crippen LogP contribution is 2.58. The zero-order chi connectivity index (χ0) is 20.0. The molecular formula is C25H46O3. The van der Waals surface area contributed by atoms with Crippen molar-refractivity contribution >= 4 is 0 Å². The number of fused-ring (bicyclic) bond motifs is 5. The third kappa shape index (κ3) is 5.73. The molecule has 1 heterocycles. The van der Waals surface area contributed by atoms with Crippen LogP contribution in [0.5, 0.6) is 0 Å². The largest absolute Gasteiger partial charge is 0.381 e. The molecule has 4 atom stereocenters. The van der Waals surface area contributed by atoms with E-state index >= 15 is 0 Å². The van der Waals surface area contributed by atoms with E-state index in [-0.39, 0.29) is 0 Å². The number of hydrogen-bond acceptors (Lipinski definition) is 3. The van der Waals surface area contributed by atoms with Gasteiger partial charge in [-0.2, -0.15) is 0 Å². The predicted octanol–water partition coefficient (Wildman–Crippen LogP) is 6.11. The Morgan fingerprint density at radius 3 is 1.68 bits per heavy atom. The molecule has 5 rings (SSSR count). The summed E-state index contributed by atoms with van der Waals surface area (Å²) in [5.74, 6) is 4.80. The molecule has 1 saturated heterocycles. The third-order valence-corrected chi connectivity index (χ3v) is 8.12. The van der Waals surface area contributed by atoms with Gasteiger partial charge in [0.2, 0.25) is 0 Å². The fourth-order valence-electron chi connectivity index (χ4n) is 6.17. The van der Waals surface area contributed by atoms with Crippen LogP contribution in [0, 0.1) is 34.5 Å². The Balaban J connectivity index is 0.000000121. The first-order chi connectivity index (χ1) is 13.5. The smallest absolute Gasteiger partial charge is 0.0564 e. The molecule has 2 bridgehead atoms. The van der Waals surface area contributed by atoms with Gasteiger partial charge in [0.15, 0.2) is 0 Å². The zero-order valence-electron chi connectivity index (χ0n) is 19.1. The minimum absolute atomic E-state index is 0.329. The molecule has 164 valence electrons. The molecule has 28 heavy (non-hydrogen) atoms. The van der Waals surface area contributed by atoms with Crippen molar-refractivity contribution in [1.29, 1.82) is 0 Å². The molecular weight excluding hydrogens is 348 g/mol. The van der Waals surface area contributed by atoms with Crippen molar-refractivity contribution in [2.24, 2.45) is 34.5 Å². The first kappa shape index (κ1) is 22.6. The quantitative estimate of drug-likeness (QED) is 0.544. The molecule has 4 saturated carbocycles. The number of hydrogen-bond donors (Lipinski definition) is 0. The van der Waals surface area contributed by atoms with Gasteiger partial charge in [0.25, 0.3) is 0 Å². The molecule has 4 unspecified atom stereocenters. The molecule has 0 aromatic heterocycles. The Hall–Kier alpha value is -0.120. The molecule has 1 aliphatic heterocycles. The van der Waals surface area contributed by atoms with Gasteiger partial charge in [-0.25, -0.2) is 0 Å². The molecule has 3 heteroatoms. The lowest BCUT2D eigenvalue weighted by atomic mass is 9.71. The molecule has 0 aromatic carbocycles. The minimum atomic E-state index is 0.329. The summed E-state index contributed by atoms with van der Waals surface area (Å²) in [6.45, 7) is 13.8. The monoisotopic (exact) mass is 394 g/mol. The molecule has 0 spiro atoms. The van der Waals surface area contributed by atoms with Crippen molar-refractivity contribution in [2.75, 3.05) is 39.6 Å². The van der Waals surface area contributed by atoms with Crippen molar-refractivity contribution in [3.05, 3.63) is 0 Å². The van der Waals surface area contributed by atoms with Gasteiger partial charge < -0.3 is 14.2 Å². The van der Waals surface area contributed by atoms with Crippen LogP contribution in [0.3, 0.4) is 0 Å². The van der Waals surface area contributed by atoms with Gasteiger partial charge in [-0.05, 0) is 87.9 Å². The molecule has 5 fully saturated rings. The van der Waals surface area contributed by atoms with E-state index in [0.29, 0.717) is 10.8 Å². The Bertz CT molecular complexity index is 415. The molecule has 0 radical (unpaired) electrons. The van der Waals surface area contributed by atoms with Gasteiger partial charge in [0.05, 0.1) is 26.4 Å². The number of ether oxygens (including phenoxy) is 3. The van der Waals surface area contributed by atoms with Crippen LogP contribution in [0.2, 0.25) is 0 Å². The summed E-state index contributed by atoms with van der Waals surface area (Å²) in [5.41, 5.74) is 0.881. The van der Waals surface area contributed by atoms with Gasteiger partial charge in [-0.3, -0.25) is 0 Å². The maximum Gasteiger partial charge on any atom is 0.0564 e. The first-order valence-corrected chi connectivity index (χ1v) is 12.2. The van der Waals surface area contributed by atoms with Gasteiger partial charge in [-0.15, -0.1) is 0 Å². The standard InChI is InChI=1S/C10H16.C8H16O.C7H14O2/c1-2-9-7-4-5-8(6-7)10(9)3-1;1-3-9-7-8(2)5-4-6-8;1-3-8-4-7(2)5-9-6-7/h7-10H,1-6H2;3-7H2,1-2H3;3-6H2,1-2H3. The lowest BCUT2D eigenvalue weighted by molar-refractivity contribution is -0.136. The van der Waals surface area contributed by atoms with Gasteiger partial charge in [-0.1, -0.05) is 26.7 Å². The Morgan fingerprint density at radius 1 is 0.750 bits per heavy atom. The van der Waals surface area contributed by atoms with Crippen LogP contribution in [-0.4, -0.2) is 39.6 Å². The zero-order valence-corrected chi connectivity index (χ0v) is 19.1. The van der Waals surface area contributed by atoms with Crippen LogP contribution in [-0.2, 0) is 14.2 Å². The van der Waals surface area contributed by atoms with Crippen molar-refractivity contribution in [3.63, 3.8) is 0 Å². The first-order valence-electron chi connectivity index (χ1n) is 12.2. The minimum Gasteiger partial charge on any atom is -0.381 e. The van der Waals surface area contributed by atoms with Crippen LogP contribution in [0.25, 0.3) is 0 Å². The van der Waals surface area contributed by atoms with Crippen LogP contribution < -0.4 is 0 Å². The summed E-state index contributed by atoms with van der Waals surface area (Å²) in [6, 6.07) is 0. The molecule has 3 nitrogen and oxygen atoms in total. The highest BCUT2D eigenvalue weighted by Gasteiger charge is 2.48. The summed E-state index contributed by atoms with van der Waals surface area (Å²) in [6.07, 6.45) is 13.7. The predicted molar refractivity (Wildman–Crippen MR) is 116 cm³/mol. The van der Waals surface area contributed by atoms with Crippen molar-refractivity contribution in [2.45, 2.75) is 85.5 Å². The topological polar surface area (TPSA) is 27.7 Å². The summed E-state index contributed by atoms with van der Waals surface area (Å²) < 4.78 is 15.7. The number of rotatable bonds is 6. The second-order valence-corrected chi connectivity index (χ2v) is 10.8. The van der Waals surface area contributed by atoms with E-state index < -0.39 is 0 Å². The summed E-state index contributed by atoms with van der Waals surface area (Å²) in [5, 5.41) is 0. The van der Waals surface area contributed by atoms with E-state index in [4.69, 9.17) is 14.2 Å². The maximum absolute atomic E-state index is 5.34. The molecule has 5 aliphatic rings. The molecule has 0 aromatic rings. The Morgan fingerprint density at radius 2 is 1.29 bits per heavy atom. The average Bonchev–Trinajstić information content (AvgIpc) is 3.37. The van der Waals surface area contributed by atoms with Crippen LogP contribution in [0.15, 0.2) is 0 Å². The summed E-state index contributed by atoms with van der Waals surface area (Å²) >= 11 is 0. The fourth-order valence-corrected chi connectivity index (χ4v) is 6.17. The second kappa shape index (κ2) is 10.3. The van der Waals surface area contributed by atoms with Gasteiger partial charge in [0.1, 0.15) is 0 Å². The van der Waals surface area contributed by atoms with E-state index in [2.05, 4.69) is 20.8 Å². The third-order valence-electron chi connectivity index (χ3n) is 8.12. The molecule has 0 amide bonds. The van der Waals surface area contributed by atoms with Crippen LogP contribution in [0.4, 0.5) is 0 Å². The van der Waals surface area contributed by atoms with E-state index in [1.807, 2.05) is 6.92 Å². The van der Waals surface area contributed by atoms with E-state index in [1.54, 1.807) is 38.5 Å². The van der Waals surface area contributed by atoms with Crippen molar-refractivity contribution in [1.82, 2.24) is 0 Å². The maximum atomic E-state index is 5.34. The Labute approximate surface area is 174 Å². The second-order valence-electron chi connectivity index (χ2n) is 10.8. The highest BCUT2D eigenvalue weighted by molar-refractivity contribution is 4.98. The SMILES string of the molecule is C1CC2C3CCC(C3)C2C1.CCOCC1(C)CCC1.CCOCC1(C)COC1. The molecule has 4 aliphatic carbocycles. The summed E-state index contributed by atoms with van der Waals surface area (Å²) in [4.78, 5) is 0. The molecule has 0 N–H and O–H groups in total. The highest BCUT2D eigenvalue weighted by atomic mass is 16.5. The summed E-state index contributed by atoms with van der Waals surface area (Å²) in [7, 11) is 0. The van der Waals surface area contributed by atoms with Crippen molar-refractivity contribution < 1.29 is 14.2 Å². The van der Waals surface area contributed by atoms with Crippen molar-refractivity contribution in [3.8, 4) is 0 Å². The lowest BCUT2D eigenvalue weighted by Crippen LogP contribution is -2.43. The van der Waals surface area contributed by atoms with E-state index in [9.17, 15) is 0 Å². The average molecular weight is 395 g/mol. The van der Waals surface area contributed by atoms with Gasteiger partial charge >= 0.3 is 0 Å².